The third-order valence-corrected chi connectivity index (χ3v) is 3.97. The molecule has 4 nitrogen and oxygen atoms in total. The predicted octanol–water partition coefficient (Wildman–Crippen LogP) is 2.24. The second kappa shape index (κ2) is 4.78. The molecule has 0 unspecified atom stereocenters. The number of nitrogens with two attached hydrogens (primary N) is 1. The van der Waals surface area contributed by atoms with E-state index in [9.17, 15) is 9.59 Å². The predicted molar refractivity (Wildman–Crippen MR) is 70.6 cm³/mol. The van der Waals surface area contributed by atoms with Crippen molar-refractivity contribution < 1.29 is 14.3 Å². The lowest BCUT2D eigenvalue weighted by Gasteiger charge is -2.08. The van der Waals surface area contributed by atoms with E-state index in [0.29, 0.717) is 4.88 Å². The summed E-state index contributed by atoms with van der Waals surface area (Å²) in [4.78, 5) is 23.3. The van der Waals surface area contributed by atoms with E-state index in [-0.39, 0.29) is 0 Å². The zero-order valence-electron chi connectivity index (χ0n) is 10.1. The average Bonchev–Trinajstić information content (AvgIpc) is 2.67. The number of carbonyl (C=O) groups excluding carboxylic acids is 2. The molecule has 5 heteroatoms. The highest BCUT2D eigenvalue weighted by atomic mass is 32.1. The molecule has 2 aromatic rings. The molecule has 0 saturated heterocycles. The minimum atomic E-state index is -0.915. The van der Waals surface area contributed by atoms with Crippen LogP contribution in [0.1, 0.15) is 22.2 Å². The van der Waals surface area contributed by atoms with Crippen LogP contribution < -0.4 is 5.73 Å². The van der Waals surface area contributed by atoms with E-state index >= 15 is 0 Å². The van der Waals surface area contributed by atoms with E-state index < -0.39 is 18.0 Å². The Bertz CT molecular complexity index is 618. The molecule has 1 atom stereocenters. The molecular formula is C13H13NO3S. The number of hydrogen-bond donors (Lipinski definition) is 1. The first-order valence-electron chi connectivity index (χ1n) is 5.49. The number of hydrogen-bond acceptors (Lipinski definition) is 4. The van der Waals surface area contributed by atoms with Gasteiger partial charge in [-0.3, -0.25) is 4.79 Å². The van der Waals surface area contributed by atoms with Gasteiger partial charge in [-0.15, -0.1) is 11.3 Å². The molecule has 0 fully saturated rings. The molecule has 0 radical (unpaired) electrons. The SMILES string of the molecule is Cc1c(C(=O)O[C@@H](C)C(N)=O)sc2ccccc12. The largest absolute Gasteiger partial charge is 0.448 e. The van der Waals surface area contributed by atoms with Gasteiger partial charge in [-0.05, 0) is 30.9 Å². The Balaban J connectivity index is 2.34. The van der Waals surface area contributed by atoms with Gasteiger partial charge in [-0.2, -0.15) is 0 Å². The van der Waals surface area contributed by atoms with Gasteiger partial charge in [-0.25, -0.2) is 4.79 Å². The van der Waals surface area contributed by atoms with E-state index in [2.05, 4.69) is 0 Å². The zero-order chi connectivity index (χ0) is 13.3. The highest BCUT2D eigenvalue weighted by Crippen LogP contribution is 2.31. The number of ether oxygens (including phenoxy) is 1. The van der Waals surface area contributed by atoms with Crippen LogP contribution in [0.5, 0.6) is 0 Å². The number of esters is 1. The molecule has 1 aromatic carbocycles. The maximum absolute atomic E-state index is 11.9. The quantitative estimate of drug-likeness (QED) is 0.863. The van der Waals surface area contributed by atoms with Gasteiger partial charge in [-0.1, -0.05) is 18.2 Å². The summed E-state index contributed by atoms with van der Waals surface area (Å²) in [5.41, 5.74) is 5.94. The second-order valence-electron chi connectivity index (χ2n) is 4.00. The Morgan fingerprint density at radius 1 is 1.33 bits per heavy atom. The van der Waals surface area contributed by atoms with Gasteiger partial charge in [0.15, 0.2) is 6.10 Å². The summed E-state index contributed by atoms with van der Waals surface area (Å²) in [5, 5.41) is 1.03. The Morgan fingerprint density at radius 3 is 2.61 bits per heavy atom. The maximum atomic E-state index is 11.9. The van der Waals surface area contributed by atoms with Crippen LogP contribution in [0.2, 0.25) is 0 Å². The molecule has 2 rings (SSSR count). The van der Waals surface area contributed by atoms with Gasteiger partial charge in [0.25, 0.3) is 5.91 Å². The van der Waals surface area contributed by atoms with Crippen LogP contribution in [-0.2, 0) is 9.53 Å². The van der Waals surface area contributed by atoms with Crippen LogP contribution in [0.4, 0.5) is 0 Å². The molecule has 0 aliphatic carbocycles. The molecule has 94 valence electrons. The Kier molecular flexibility index (Phi) is 3.34. The zero-order valence-corrected chi connectivity index (χ0v) is 10.9. The Morgan fingerprint density at radius 2 is 2.00 bits per heavy atom. The molecule has 18 heavy (non-hydrogen) atoms. The van der Waals surface area contributed by atoms with Crippen LogP contribution in [0.3, 0.4) is 0 Å². The first-order chi connectivity index (χ1) is 8.50. The lowest BCUT2D eigenvalue weighted by molar-refractivity contribution is -0.125. The molecule has 1 heterocycles. The van der Waals surface area contributed by atoms with Gasteiger partial charge in [0.05, 0.1) is 0 Å². The summed E-state index contributed by atoms with van der Waals surface area (Å²) >= 11 is 1.36. The molecule has 1 amide bonds. The average molecular weight is 263 g/mol. The normalized spacial score (nSPS) is 12.3. The molecule has 0 spiro atoms. The van der Waals surface area contributed by atoms with Crippen molar-refractivity contribution in [3.63, 3.8) is 0 Å². The lowest BCUT2D eigenvalue weighted by Crippen LogP contribution is -2.30. The van der Waals surface area contributed by atoms with Gasteiger partial charge >= 0.3 is 5.97 Å². The minimum absolute atomic E-state index is 0.500. The lowest BCUT2D eigenvalue weighted by atomic mass is 10.1. The fourth-order valence-electron chi connectivity index (χ4n) is 1.64. The number of primary amides is 1. The van der Waals surface area contributed by atoms with Crippen LogP contribution in [0, 0.1) is 6.92 Å². The van der Waals surface area contributed by atoms with Crippen molar-refractivity contribution in [1.82, 2.24) is 0 Å². The van der Waals surface area contributed by atoms with Gasteiger partial charge in [0.1, 0.15) is 4.88 Å². The number of amides is 1. The topological polar surface area (TPSA) is 69.4 Å². The van der Waals surface area contributed by atoms with Gasteiger partial charge in [0, 0.05) is 4.70 Å². The summed E-state index contributed by atoms with van der Waals surface area (Å²) in [6, 6.07) is 7.74. The standard InChI is InChI=1S/C13H13NO3S/c1-7-9-5-3-4-6-10(9)18-11(7)13(16)17-8(2)12(14)15/h3-6,8H,1-2H3,(H2,14,15)/t8-/m0/s1. The number of thiophene rings is 1. The number of rotatable bonds is 3. The number of fused-ring (bicyclic) bond motifs is 1. The van der Waals surface area contributed by atoms with Crippen LogP contribution in [0.15, 0.2) is 24.3 Å². The number of benzene rings is 1. The third-order valence-electron chi connectivity index (χ3n) is 2.71. The van der Waals surface area contributed by atoms with Gasteiger partial charge in [0.2, 0.25) is 0 Å². The van der Waals surface area contributed by atoms with Crippen molar-refractivity contribution >= 4 is 33.3 Å². The van der Waals surface area contributed by atoms with Crippen molar-refractivity contribution in [2.75, 3.05) is 0 Å². The summed E-state index contributed by atoms with van der Waals surface area (Å²) in [6.45, 7) is 3.33. The number of carbonyl (C=O) groups is 2. The van der Waals surface area contributed by atoms with Crippen molar-refractivity contribution in [3.8, 4) is 0 Å². The summed E-state index contributed by atoms with van der Waals surface area (Å²) < 4.78 is 6.03. The highest BCUT2D eigenvalue weighted by Gasteiger charge is 2.20. The summed E-state index contributed by atoms with van der Waals surface area (Å²) in [5.74, 6) is -1.15. The van der Waals surface area contributed by atoms with E-state index in [0.717, 1.165) is 15.6 Å². The van der Waals surface area contributed by atoms with Crippen molar-refractivity contribution in [2.45, 2.75) is 20.0 Å². The van der Waals surface area contributed by atoms with Crippen molar-refractivity contribution in [3.05, 3.63) is 34.7 Å². The third kappa shape index (κ3) is 2.22. The number of aryl methyl sites for hydroxylation is 1. The first kappa shape index (κ1) is 12.6. The van der Waals surface area contributed by atoms with Crippen LogP contribution in [-0.4, -0.2) is 18.0 Å². The van der Waals surface area contributed by atoms with E-state index in [1.807, 2.05) is 31.2 Å². The molecule has 0 aliphatic heterocycles. The molecule has 0 aliphatic rings. The fraction of sp³-hybridized carbons (Fsp3) is 0.231. The fourth-order valence-corrected chi connectivity index (χ4v) is 2.73. The Labute approximate surface area is 108 Å². The molecule has 2 N–H and O–H groups in total. The molecular weight excluding hydrogens is 250 g/mol. The van der Waals surface area contributed by atoms with Crippen LogP contribution in [0.25, 0.3) is 10.1 Å². The molecule has 0 saturated carbocycles. The van der Waals surface area contributed by atoms with Crippen molar-refractivity contribution in [2.24, 2.45) is 5.73 Å². The highest BCUT2D eigenvalue weighted by molar-refractivity contribution is 7.21. The van der Waals surface area contributed by atoms with Crippen LogP contribution >= 0.6 is 11.3 Å². The smallest absolute Gasteiger partial charge is 0.349 e. The summed E-state index contributed by atoms with van der Waals surface area (Å²) in [6.07, 6.45) is -0.915. The van der Waals surface area contributed by atoms with Crippen molar-refractivity contribution in [1.29, 1.82) is 0 Å². The minimum Gasteiger partial charge on any atom is -0.448 e. The molecule has 0 bridgehead atoms. The van der Waals surface area contributed by atoms with Gasteiger partial charge < -0.3 is 10.5 Å². The first-order valence-corrected chi connectivity index (χ1v) is 6.30. The second-order valence-corrected chi connectivity index (χ2v) is 5.05. The monoisotopic (exact) mass is 263 g/mol. The summed E-state index contributed by atoms with van der Waals surface area (Å²) in [7, 11) is 0. The van der Waals surface area contributed by atoms with E-state index in [1.165, 1.54) is 18.3 Å². The molecule has 1 aromatic heterocycles. The van der Waals surface area contributed by atoms with E-state index in [1.54, 1.807) is 0 Å². The Hall–Kier alpha value is -1.88. The maximum Gasteiger partial charge on any atom is 0.349 e. The van der Waals surface area contributed by atoms with E-state index in [4.69, 9.17) is 10.5 Å².